The monoisotopic (exact) mass is 290 g/mol. The number of hydrogen-bond acceptors (Lipinski definition) is 7. The van der Waals surface area contributed by atoms with Crippen LogP contribution in [0.25, 0.3) is 0 Å². The third kappa shape index (κ3) is 4.08. The van der Waals surface area contributed by atoms with Crippen molar-refractivity contribution >= 4 is 17.8 Å². The first-order valence-corrected chi connectivity index (χ1v) is 7.26. The Morgan fingerprint density at radius 3 is 2.33 bits per heavy atom. The molecule has 0 saturated heterocycles. The highest BCUT2D eigenvalue weighted by Gasteiger charge is 2.10. The summed E-state index contributed by atoms with van der Waals surface area (Å²) in [6.07, 6.45) is 3.35. The van der Waals surface area contributed by atoms with E-state index in [4.69, 9.17) is 4.42 Å². The number of aromatic nitrogens is 3. The Balaban J connectivity index is 2.18. The fraction of sp³-hybridized carbons (Fsp3) is 0.500. The van der Waals surface area contributed by atoms with E-state index >= 15 is 0 Å². The van der Waals surface area contributed by atoms with Crippen molar-refractivity contribution in [3.8, 4) is 0 Å². The molecule has 0 saturated carbocycles. The van der Waals surface area contributed by atoms with Gasteiger partial charge in [-0.15, -0.1) is 0 Å². The van der Waals surface area contributed by atoms with Crippen LogP contribution in [0, 0.1) is 0 Å². The van der Waals surface area contributed by atoms with Crippen LogP contribution in [0.5, 0.6) is 0 Å². The minimum absolute atomic E-state index is 0.559. The molecule has 2 heterocycles. The van der Waals surface area contributed by atoms with Gasteiger partial charge in [-0.05, 0) is 26.8 Å². The topological polar surface area (TPSA) is 79.1 Å². The second-order valence-electron chi connectivity index (χ2n) is 4.47. The van der Waals surface area contributed by atoms with E-state index in [0.717, 1.165) is 25.2 Å². The summed E-state index contributed by atoms with van der Waals surface area (Å²) in [4.78, 5) is 15.4. The Hall–Kier alpha value is -2.31. The number of furan rings is 1. The molecule has 0 aliphatic rings. The van der Waals surface area contributed by atoms with Gasteiger partial charge in [0.1, 0.15) is 0 Å². The fourth-order valence-electron chi connectivity index (χ4n) is 1.90. The minimum Gasteiger partial charge on any atom is -0.472 e. The molecule has 21 heavy (non-hydrogen) atoms. The van der Waals surface area contributed by atoms with E-state index < -0.39 is 0 Å². The standard InChI is InChI=1S/C14H22N6O/c1-4-15-12-17-13(16-9-11-7-8-21-10-11)19-14(18-12)20(5-2)6-3/h7-8,10H,4-6,9H2,1-3H3,(H2,15,16,17,18,19). The molecule has 2 rings (SSSR count). The molecule has 2 N–H and O–H groups in total. The van der Waals surface area contributed by atoms with E-state index in [0.29, 0.717) is 24.4 Å². The first-order chi connectivity index (χ1) is 10.3. The number of nitrogens with zero attached hydrogens (tertiary/aromatic N) is 4. The van der Waals surface area contributed by atoms with Crippen molar-refractivity contribution in [3.05, 3.63) is 24.2 Å². The Kier molecular flexibility index (Phi) is 5.36. The zero-order valence-electron chi connectivity index (χ0n) is 12.8. The molecule has 7 heteroatoms. The van der Waals surface area contributed by atoms with E-state index in [1.165, 1.54) is 0 Å². The summed E-state index contributed by atoms with van der Waals surface area (Å²) in [7, 11) is 0. The highest BCUT2D eigenvalue weighted by Crippen LogP contribution is 2.14. The largest absolute Gasteiger partial charge is 0.472 e. The molecule has 0 bridgehead atoms. The molecule has 7 nitrogen and oxygen atoms in total. The first-order valence-electron chi connectivity index (χ1n) is 7.26. The highest BCUT2D eigenvalue weighted by molar-refractivity contribution is 5.43. The number of rotatable bonds is 8. The van der Waals surface area contributed by atoms with Crippen molar-refractivity contribution in [3.63, 3.8) is 0 Å². The maximum Gasteiger partial charge on any atom is 0.231 e. The van der Waals surface area contributed by atoms with Gasteiger partial charge in [-0.3, -0.25) is 0 Å². The van der Waals surface area contributed by atoms with Gasteiger partial charge in [0.25, 0.3) is 0 Å². The molecule has 2 aromatic rings. The van der Waals surface area contributed by atoms with Crippen molar-refractivity contribution in [1.82, 2.24) is 15.0 Å². The van der Waals surface area contributed by atoms with Gasteiger partial charge in [0, 0.05) is 31.7 Å². The summed E-state index contributed by atoms with van der Waals surface area (Å²) in [5.74, 6) is 1.83. The SMILES string of the molecule is CCNc1nc(NCc2ccoc2)nc(N(CC)CC)n1. The average molecular weight is 290 g/mol. The number of hydrogen-bond donors (Lipinski definition) is 2. The maximum atomic E-state index is 5.05. The Bertz CT molecular complexity index is 538. The quantitative estimate of drug-likeness (QED) is 0.772. The predicted octanol–water partition coefficient (Wildman–Crippen LogP) is 2.35. The van der Waals surface area contributed by atoms with Crippen LogP contribution in [0.4, 0.5) is 17.8 Å². The molecule has 0 radical (unpaired) electrons. The van der Waals surface area contributed by atoms with Crippen LogP contribution in [0.1, 0.15) is 26.3 Å². The van der Waals surface area contributed by atoms with Gasteiger partial charge in [0.15, 0.2) is 0 Å². The Morgan fingerprint density at radius 2 is 1.76 bits per heavy atom. The van der Waals surface area contributed by atoms with Crippen LogP contribution < -0.4 is 15.5 Å². The van der Waals surface area contributed by atoms with Gasteiger partial charge in [-0.1, -0.05) is 0 Å². The zero-order chi connectivity index (χ0) is 15.1. The summed E-state index contributed by atoms with van der Waals surface area (Å²) in [5.41, 5.74) is 1.05. The molecule has 114 valence electrons. The van der Waals surface area contributed by atoms with E-state index in [1.54, 1.807) is 12.5 Å². The summed E-state index contributed by atoms with van der Waals surface area (Å²) in [6, 6.07) is 1.91. The van der Waals surface area contributed by atoms with Crippen LogP contribution in [0.3, 0.4) is 0 Å². The molecule has 0 amide bonds. The Labute approximate surface area is 124 Å². The van der Waals surface area contributed by atoms with Gasteiger partial charge >= 0.3 is 0 Å². The smallest absolute Gasteiger partial charge is 0.231 e. The molecule has 0 aliphatic carbocycles. The molecule has 0 aromatic carbocycles. The molecule has 0 aliphatic heterocycles. The van der Waals surface area contributed by atoms with Crippen LogP contribution >= 0.6 is 0 Å². The molecule has 2 aromatic heterocycles. The molecule has 0 atom stereocenters. The second kappa shape index (κ2) is 7.47. The fourth-order valence-corrected chi connectivity index (χ4v) is 1.90. The zero-order valence-corrected chi connectivity index (χ0v) is 12.8. The van der Waals surface area contributed by atoms with Crippen molar-refractivity contribution < 1.29 is 4.42 Å². The lowest BCUT2D eigenvalue weighted by Crippen LogP contribution is -2.25. The van der Waals surface area contributed by atoms with Gasteiger partial charge in [-0.25, -0.2) is 0 Å². The van der Waals surface area contributed by atoms with E-state index in [-0.39, 0.29) is 0 Å². The van der Waals surface area contributed by atoms with Crippen LogP contribution in [0.2, 0.25) is 0 Å². The molecule has 0 fully saturated rings. The van der Waals surface area contributed by atoms with Crippen LogP contribution in [0.15, 0.2) is 23.0 Å². The second-order valence-corrected chi connectivity index (χ2v) is 4.47. The lowest BCUT2D eigenvalue weighted by Gasteiger charge is -2.19. The normalized spacial score (nSPS) is 10.4. The van der Waals surface area contributed by atoms with Gasteiger partial charge in [-0.2, -0.15) is 15.0 Å². The van der Waals surface area contributed by atoms with Crippen LogP contribution in [-0.2, 0) is 6.54 Å². The average Bonchev–Trinajstić information content (AvgIpc) is 3.00. The minimum atomic E-state index is 0.559. The van der Waals surface area contributed by atoms with Crippen molar-refractivity contribution in [1.29, 1.82) is 0 Å². The molecular formula is C14H22N6O. The van der Waals surface area contributed by atoms with Gasteiger partial charge < -0.3 is 20.0 Å². The number of nitrogens with one attached hydrogen (secondary N) is 2. The van der Waals surface area contributed by atoms with E-state index in [9.17, 15) is 0 Å². The van der Waals surface area contributed by atoms with Crippen molar-refractivity contribution in [2.75, 3.05) is 35.2 Å². The number of anilines is 3. The summed E-state index contributed by atoms with van der Waals surface area (Å²) in [6.45, 7) is 9.27. The highest BCUT2D eigenvalue weighted by atomic mass is 16.3. The molecular weight excluding hydrogens is 268 g/mol. The molecule has 0 unspecified atom stereocenters. The van der Waals surface area contributed by atoms with Gasteiger partial charge in [0.05, 0.1) is 12.5 Å². The summed E-state index contributed by atoms with van der Waals surface area (Å²) in [5, 5.41) is 6.34. The summed E-state index contributed by atoms with van der Waals surface area (Å²) < 4.78 is 5.05. The van der Waals surface area contributed by atoms with Crippen LogP contribution in [-0.4, -0.2) is 34.6 Å². The molecule has 0 spiro atoms. The van der Waals surface area contributed by atoms with E-state index in [2.05, 4.69) is 44.3 Å². The van der Waals surface area contributed by atoms with Crippen molar-refractivity contribution in [2.24, 2.45) is 0 Å². The third-order valence-electron chi connectivity index (χ3n) is 3.04. The third-order valence-corrected chi connectivity index (χ3v) is 3.04. The Morgan fingerprint density at radius 1 is 1.05 bits per heavy atom. The van der Waals surface area contributed by atoms with Gasteiger partial charge in [0.2, 0.25) is 17.8 Å². The predicted molar refractivity (Wildman–Crippen MR) is 83.6 cm³/mol. The lowest BCUT2D eigenvalue weighted by atomic mass is 10.3. The van der Waals surface area contributed by atoms with Crippen molar-refractivity contribution in [2.45, 2.75) is 27.3 Å². The first kappa shape index (κ1) is 15.1. The van der Waals surface area contributed by atoms with E-state index in [1.807, 2.05) is 13.0 Å². The lowest BCUT2D eigenvalue weighted by molar-refractivity contribution is 0.564. The summed E-state index contributed by atoms with van der Waals surface area (Å²) >= 11 is 0. The maximum absolute atomic E-state index is 5.05.